The second-order valence-electron chi connectivity index (χ2n) is 6.35. The zero-order valence-corrected chi connectivity index (χ0v) is 14.5. The number of benzene rings is 2. The van der Waals surface area contributed by atoms with Crippen LogP contribution in [0.1, 0.15) is 30.2 Å². The molecule has 1 aliphatic carbocycles. The van der Waals surface area contributed by atoms with Crippen LogP contribution in [0.5, 0.6) is 0 Å². The van der Waals surface area contributed by atoms with Crippen LogP contribution in [-0.4, -0.2) is 16.1 Å². The molecule has 0 saturated heterocycles. The maximum atomic E-state index is 13.0. The standard InChI is InChI=1S/C19H15ClFN3O2/c20-13-3-1-2-12(10-13)11-16-23-24-18(26-16)19(8-9-19)17(25)22-15-6-4-14(21)5-7-15/h1-7,10H,8-9,11H2,(H,22,25). The van der Waals surface area contributed by atoms with Crippen LogP contribution in [0.25, 0.3) is 0 Å². The van der Waals surface area contributed by atoms with E-state index in [1.165, 1.54) is 24.3 Å². The van der Waals surface area contributed by atoms with E-state index in [4.69, 9.17) is 16.0 Å². The molecule has 1 amide bonds. The molecule has 0 unspecified atom stereocenters. The monoisotopic (exact) mass is 371 g/mol. The second kappa shape index (κ2) is 6.53. The highest BCUT2D eigenvalue weighted by molar-refractivity contribution is 6.30. The van der Waals surface area contributed by atoms with Gasteiger partial charge in [-0.1, -0.05) is 23.7 Å². The third kappa shape index (κ3) is 3.32. The lowest BCUT2D eigenvalue weighted by atomic mass is 10.1. The first kappa shape index (κ1) is 16.7. The van der Waals surface area contributed by atoms with E-state index >= 15 is 0 Å². The Hall–Kier alpha value is -2.73. The molecule has 0 radical (unpaired) electrons. The van der Waals surface area contributed by atoms with Crippen molar-refractivity contribution in [2.24, 2.45) is 0 Å². The molecule has 1 heterocycles. The normalized spacial score (nSPS) is 14.8. The van der Waals surface area contributed by atoms with E-state index < -0.39 is 5.41 Å². The SMILES string of the molecule is O=C(Nc1ccc(F)cc1)C1(c2nnc(Cc3cccc(Cl)c3)o2)CC1. The van der Waals surface area contributed by atoms with Crippen LogP contribution in [0, 0.1) is 5.82 Å². The molecule has 0 aliphatic heterocycles. The van der Waals surface area contributed by atoms with Crippen LogP contribution in [0.3, 0.4) is 0 Å². The van der Waals surface area contributed by atoms with Crippen LogP contribution in [0.15, 0.2) is 52.9 Å². The first-order valence-electron chi connectivity index (χ1n) is 8.19. The molecular formula is C19H15ClFN3O2. The van der Waals surface area contributed by atoms with Crippen molar-refractivity contribution >= 4 is 23.2 Å². The van der Waals surface area contributed by atoms with E-state index in [1.807, 2.05) is 18.2 Å². The fraction of sp³-hybridized carbons (Fsp3) is 0.211. The van der Waals surface area contributed by atoms with Crippen molar-refractivity contribution in [1.82, 2.24) is 10.2 Å². The summed E-state index contributed by atoms with van der Waals surface area (Å²) in [7, 11) is 0. The number of anilines is 1. The Morgan fingerprint density at radius 3 is 2.65 bits per heavy atom. The fourth-order valence-corrected chi connectivity index (χ4v) is 3.00. The quantitative estimate of drug-likeness (QED) is 0.732. The Labute approximate surface area is 154 Å². The van der Waals surface area contributed by atoms with Crippen molar-refractivity contribution in [2.45, 2.75) is 24.7 Å². The Morgan fingerprint density at radius 1 is 1.19 bits per heavy atom. The number of carbonyl (C=O) groups is 1. The van der Waals surface area contributed by atoms with Crippen molar-refractivity contribution in [2.75, 3.05) is 5.32 Å². The van der Waals surface area contributed by atoms with Gasteiger partial charge in [0.15, 0.2) is 0 Å². The molecule has 1 fully saturated rings. The lowest BCUT2D eigenvalue weighted by Crippen LogP contribution is -2.28. The minimum atomic E-state index is -0.798. The van der Waals surface area contributed by atoms with E-state index in [0.717, 1.165) is 5.56 Å². The maximum Gasteiger partial charge on any atom is 0.240 e. The van der Waals surface area contributed by atoms with Gasteiger partial charge in [-0.2, -0.15) is 0 Å². The topological polar surface area (TPSA) is 68.0 Å². The number of rotatable bonds is 5. The van der Waals surface area contributed by atoms with Gasteiger partial charge in [0, 0.05) is 10.7 Å². The summed E-state index contributed by atoms with van der Waals surface area (Å²) in [6, 6.07) is 13.0. The molecule has 1 aromatic heterocycles. The van der Waals surface area contributed by atoms with Gasteiger partial charge in [-0.3, -0.25) is 4.79 Å². The van der Waals surface area contributed by atoms with Gasteiger partial charge in [0.05, 0.1) is 6.42 Å². The lowest BCUT2D eigenvalue weighted by Gasteiger charge is -2.11. The number of amides is 1. The van der Waals surface area contributed by atoms with Gasteiger partial charge in [-0.15, -0.1) is 10.2 Å². The number of carbonyl (C=O) groups excluding carboxylic acids is 1. The highest BCUT2D eigenvalue weighted by Crippen LogP contribution is 2.48. The molecule has 7 heteroatoms. The smallest absolute Gasteiger partial charge is 0.240 e. The summed E-state index contributed by atoms with van der Waals surface area (Å²) in [5.41, 5.74) is 0.684. The molecule has 132 valence electrons. The van der Waals surface area contributed by atoms with E-state index in [-0.39, 0.29) is 11.7 Å². The highest BCUT2D eigenvalue weighted by atomic mass is 35.5. The van der Waals surface area contributed by atoms with Crippen molar-refractivity contribution in [3.63, 3.8) is 0 Å². The second-order valence-corrected chi connectivity index (χ2v) is 6.79. The van der Waals surface area contributed by atoms with Gasteiger partial charge in [-0.05, 0) is 54.8 Å². The summed E-state index contributed by atoms with van der Waals surface area (Å²) in [5, 5.41) is 11.6. The summed E-state index contributed by atoms with van der Waals surface area (Å²) in [6.07, 6.45) is 1.72. The van der Waals surface area contributed by atoms with Crippen LogP contribution < -0.4 is 5.32 Å². The van der Waals surface area contributed by atoms with E-state index in [1.54, 1.807) is 6.07 Å². The van der Waals surface area contributed by atoms with E-state index in [9.17, 15) is 9.18 Å². The van der Waals surface area contributed by atoms with Crippen LogP contribution in [0.4, 0.5) is 10.1 Å². The maximum absolute atomic E-state index is 13.0. The number of nitrogens with one attached hydrogen (secondary N) is 1. The summed E-state index contributed by atoms with van der Waals surface area (Å²) in [6.45, 7) is 0. The molecule has 0 bridgehead atoms. The first-order valence-corrected chi connectivity index (χ1v) is 8.57. The highest BCUT2D eigenvalue weighted by Gasteiger charge is 2.56. The molecule has 26 heavy (non-hydrogen) atoms. The van der Waals surface area contributed by atoms with Crippen molar-refractivity contribution in [1.29, 1.82) is 0 Å². The van der Waals surface area contributed by atoms with Crippen molar-refractivity contribution < 1.29 is 13.6 Å². The van der Waals surface area contributed by atoms with Gasteiger partial charge < -0.3 is 9.73 Å². The number of halogens is 2. The summed E-state index contributed by atoms with van der Waals surface area (Å²) >= 11 is 5.98. The zero-order valence-electron chi connectivity index (χ0n) is 13.7. The lowest BCUT2D eigenvalue weighted by molar-refractivity contribution is -0.119. The number of hydrogen-bond acceptors (Lipinski definition) is 4. The van der Waals surface area contributed by atoms with Crippen LogP contribution in [-0.2, 0) is 16.6 Å². The Kier molecular flexibility index (Phi) is 4.20. The number of hydrogen-bond donors (Lipinski definition) is 1. The van der Waals surface area contributed by atoms with Gasteiger partial charge >= 0.3 is 0 Å². The Balaban J connectivity index is 1.49. The molecular weight excluding hydrogens is 357 g/mol. The minimum absolute atomic E-state index is 0.220. The van der Waals surface area contributed by atoms with Crippen molar-refractivity contribution in [3.05, 3.63) is 76.7 Å². The molecule has 1 saturated carbocycles. The third-order valence-corrected chi connectivity index (χ3v) is 4.64. The largest absolute Gasteiger partial charge is 0.424 e. The van der Waals surface area contributed by atoms with Crippen molar-refractivity contribution in [3.8, 4) is 0 Å². The first-order chi connectivity index (χ1) is 12.5. The molecule has 2 aromatic carbocycles. The van der Waals surface area contributed by atoms with Gasteiger partial charge in [-0.25, -0.2) is 4.39 Å². The molecule has 4 rings (SSSR count). The summed E-state index contributed by atoms with van der Waals surface area (Å²) < 4.78 is 18.7. The van der Waals surface area contributed by atoms with Gasteiger partial charge in [0.1, 0.15) is 11.2 Å². The number of aromatic nitrogens is 2. The van der Waals surface area contributed by atoms with Crippen LogP contribution in [0.2, 0.25) is 5.02 Å². The summed E-state index contributed by atoms with van der Waals surface area (Å²) in [4.78, 5) is 12.6. The third-order valence-electron chi connectivity index (χ3n) is 4.41. The molecule has 0 spiro atoms. The zero-order chi connectivity index (χ0) is 18.1. The number of nitrogens with zero attached hydrogens (tertiary/aromatic N) is 2. The molecule has 1 aliphatic rings. The molecule has 1 N–H and O–H groups in total. The van der Waals surface area contributed by atoms with Gasteiger partial charge in [0.2, 0.25) is 17.7 Å². The average Bonchev–Trinajstić information content (AvgIpc) is 3.31. The summed E-state index contributed by atoms with van der Waals surface area (Å²) in [5.74, 6) is 0.172. The Bertz CT molecular complexity index is 951. The van der Waals surface area contributed by atoms with E-state index in [0.29, 0.717) is 41.8 Å². The van der Waals surface area contributed by atoms with Crippen LogP contribution >= 0.6 is 11.6 Å². The predicted octanol–water partition coefficient (Wildman–Crippen LogP) is 4.12. The minimum Gasteiger partial charge on any atom is -0.424 e. The van der Waals surface area contributed by atoms with Gasteiger partial charge in [0.25, 0.3) is 0 Å². The molecule has 5 nitrogen and oxygen atoms in total. The molecule has 3 aromatic rings. The van der Waals surface area contributed by atoms with E-state index in [2.05, 4.69) is 15.5 Å². The predicted molar refractivity (Wildman–Crippen MR) is 94.5 cm³/mol. The average molecular weight is 372 g/mol. The molecule has 0 atom stereocenters. The Morgan fingerprint density at radius 2 is 1.96 bits per heavy atom. The fourth-order valence-electron chi connectivity index (χ4n) is 2.79.